The van der Waals surface area contributed by atoms with E-state index in [9.17, 15) is 4.79 Å². The Labute approximate surface area is 200 Å². The van der Waals surface area contributed by atoms with Gasteiger partial charge in [-0.15, -0.1) is 24.0 Å². The Hall–Kier alpha value is -1.95. The van der Waals surface area contributed by atoms with Gasteiger partial charge in [-0.2, -0.15) is 5.10 Å². The van der Waals surface area contributed by atoms with Gasteiger partial charge in [-0.05, 0) is 39.2 Å². The quantitative estimate of drug-likeness (QED) is 0.217. The Morgan fingerprint density at radius 3 is 2.94 bits per heavy atom. The maximum absolute atomic E-state index is 11.9. The maximum atomic E-state index is 11.9. The van der Waals surface area contributed by atoms with E-state index in [4.69, 9.17) is 9.73 Å². The number of rotatable bonds is 9. The molecule has 2 aromatic rings. The number of hydrogen-bond acceptors (Lipinski definition) is 5. The lowest BCUT2D eigenvalue weighted by Gasteiger charge is -2.25. The molecule has 0 radical (unpaired) electrons. The number of unbranched alkanes of at least 4 members (excludes halogenated alkanes) is 1. The minimum Gasteiger partial charge on any atom is -0.377 e. The summed E-state index contributed by atoms with van der Waals surface area (Å²) in [4.78, 5) is 21.2. The summed E-state index contributed by atoms with van der Waals surface area (Å²) in [5, 5.41) is 11.4. The first-order chi connectivity index (χ1) is 14.6. The lowest BCUT2D eigenvalue weighted by Crippen LogP contribution is -2.47. The number of nitrogens with zero attached hydrogens (tertiary/aromatic N) is 5. The number of pyridine rings is 1. The fraction of sp³-hybridized carbons (Fsp3) is 0.619. The fourth-order valence-corrected chi connectivity index (χ4v) is 3.66. The molecule has 2 aromatic heterocycles. The average Bonchev–Trinajstić information content (AvgIpc) is 3.11. The number of aliphatic imine (C=N–C) groups is 1. The zero-order chi connectivity index (χ0) is 21.3. The van der Waals surface area contributed by atoms with Crippen molar-refractivity contribution >= 4 is 29.9 Å². The molecule has 0 aliphatic carbocycles. The first-order valence-electron chi connectivity index (χ1n) is 10.7. The molecule has 0 spiro atoms. The lowest BCUT2D eigenvalue weighted by molar-refractivity contribution is 0.177. The van der Waals surface area contributed by atoms with E-state index in [-0.39, 0.29) is 35.6 Å². The standard InChI is InChI=1S/C21H33N7O2.HI/c1-4-22-21(23-12-5-6-13-27-16(2)8-7-9-20(27)29)24-17-10-11-19-25-18(15-30-3)26-28(19)14-17;/h7-9,17H,4-6,10-15H2,1-3H3,(H2,22,23,24);1H. The second kappa shape index (κ2) is 12.8. The number of halogens is 1. The summed E-state index contributed by atoms with van der Waals surface area (Å²) in [6.07, 6.45) is 3.72. The topological polar surface area (TPSA) is 98.4 Å². The molecule has 1 aliphatic heterocycles. The van der Waals surface area contributed by atoms with Crippen LogP contribution in [0.4, 0.5) is 0 Å². The van der Waals surface area contributed by atoms with Gasteiger partial charge < -0.3 is 19.9 Å². The average molecular weight is 543 g/mol. The summed E-state index contributed by atoms with van der Waals surface area (Å²) >= 11 is 0. The van der Waals surface area contributed by atoms with Crippen molar-refractivity contribution in [3.63, 3.8) is 0 Å². The van der Waals surface area contributed by atoms with Gasteiger partial charge in [0.05, 0.1) is 6.54 Å². The van der Waals surface area contributed by atoms with E-state index in [2.05, 4.69) is 27.6 Å². The highest BCUT2D eigenvalue weighted by atomic mass is 127. The van der Waals surface area contributed by atoms with E-state index in [1.165, 1.54) is 0 Å². The molecule has 1 aliphatic rings. The van der Waals surface area contributed by atoms with E-state index < -0.39 is 0 Å². The number of aryl methyl sites for hydroxylation is 2. The van der Waals surface area contributed by atoms with Crippen LogP contribution in [-0.2, 0) is 30.9 Å². The SMILES string of the molecule is CCNC(=NCCCCn1c(C)cccc1=O)NC1CCc2nc(COC)nn2C1.I. The van der Waals surface area contributed by atoms with Crippen molar-refractivity contribution in [3.05, 3.63) is 45.9 Å². The molecule has 0 amide bonds. The van der Waals surface area contributed by atoms with Gasteiger partial charge in [-0.3, -0.25) is 9.79 Å². The van der Waals surface area contributed by atoms with Crippen molar-refractivity contribution in [2.75, 3.05) is 20.2 Å². The normalized spacial score (nSPS) is 15.8. The lowest BCUT2D eigenvalue weighted by atomic mass is 10.1. The molecule has 31 heavy (non-hydrogen) atoms. The Kier molecular flexibility index (Phi) is 10.4. The third-order valence-corrected chi connectivity index (χ3v) is 5.19. The van der Waals surface area contributed by atoms with Crippen molar-refractivity contribution in [1.29, 1.82) is 0 Å². The molecule has 2 N–H and O–H groups in total. The van der Waals surface area contributed by atoms with Crippen molar-refractivity contribution in [2.24, 2.45) is 4.99 Å². The Morgan fingerprint density at radius 1 is 1.35 bits per heavy atom. The Balaban J connectivity index is 0.00000341. The van der Waals surface area contributed by atoms with Gasteiger partial charge in [0, 0.05) is 51.0 Å². The molecular formula is C21H34IN7O2. The highest BCUT2D eigenvalue weighted by molar-refractivity contribution is 14.0. The second-order valence-electron chi connectivity index (χ2n) is 7.56. The summed E-state index contributed by atoms with van der Waals surface area (Å²) in [6.45, 7) is 7.50. The number of guanidine groups is 1. The minimum absolute atomic E-state index is 0. The summed E-state index contributed by atoms with van der Waals surface area (Å²) in [7, 11) is 1.66. The number of aromatic nitrogens is 4. The van der Waals surface area contributed by atoms with E-state index in [1.807, 2.05) is 22.2 Å². The van der Waals surface area contributed by atoms with Gasteiger partial charge in [0.2, 0.25) is 0 Å². The van der Waals surface area contributed by atoms with Gasteiger partial charge in [0.15, 0.2) is 11.8 Å². The third-order valence-electron chi connectivity index (χ3n) is 5.19. The smallest absolute Gasteiger partial charge is 0.250 e. The van der Waals surface area contributed by atoms with E-state index in [0.717, 1.165) is 75.2 Å². The number of hydrogen-bond donors (Lipinski definition) is 2. The van der Waals surface area contributed by atoms with Gasteiger partial charge in [0.25, 0.3) is 5.56 Å². The van der Waals surface area contributed by atoms with Crippen LogP contribution < -0.4 is 16.2 Å². The Morgan fingerprint density at radius 2 is 2.19 bits per heavy atom. The Bertz CT molecular complexity index is 909. The zero-order valence-corrected chi connectivity index (χ0v) is 21.0. The van der Waals surface area contributed by atoms with Gasteiger partial charge in [0.1, 0.15) is 12.4 Å². The van der Waals surface area contributed by atoms with Gasteiger partial charge in [-0.1, -0.05) is 6.07 Å². The minimum atomic E-state index is 0. The monoisotopic (exact) mass is 543 g/mol. The van der Waals surface area contributed by atoms with Crippen LogP contribution in [0.15, 0.2) is 28.0 Å². The number of methoxy groups -OCH3 is 1. The van der Waals surface area contributed by atoms with Crippen LogP contribution in [0.2, 0.25) is 0 Å². The molecule has 1 atom stereocenters. The molecule has 10 heteroatoms. The predicted molar refractivity (Wildman–Crippen MR) is 132 cm³/mol. The second-order valence-corrected chi connectivity index (χ2v) is 7.56. The van der Waals surface area contributed by atoms with Crippen LogP contribution in [-0.4, -0.2) is 51.5 Å². The highest BCUT2D eigenvalue weighted by Gasteiger charge is 2.22. The van der Waals surface area contributed by atoms with Crippen LogP contribution in [0.25, 0.3) is 0 Å². The molecule has 0 saturated carbocycles. The van der Waals surface area contributed by atoms with E-state index >= 15 is 0 Å². The molecule has 0 bridgehead atoms. The first-order valence-corrected chi connectivity index (χ1v) is 10.7. The van der Waals surface area contributed by atoms with Gasteiger partial charge >= 0.3 is 0 Å². The molecule has 0 aromatic carbocycles. The van der Waals surface area contributed by atoms with Crippen molar-refractivity contribution in [2.45, 2.75) is 65.3 Å². The molecule has 3 heterocycles. The molecule has 0 saturated heterocycles. The van der Waals surface area contributed by atoms with Crippen molar-refractivity contribution < 1.29 is 4.74 Å². The van der Waals surface area contributed by atoms with Gasteiger partial charge in [-0.25, -0.2) is 9.67 Å². The number of fused-ring (bicyclic) bond motifs is 1. The summed E-state index contributed by atoms with van der Waals surface area (Å²) in [6, 6.07) is 5.65. The molecule has 9 nitrogen and oxygen atoms in total. The highest BCUT2D eigenvalue weighted by Crippen LogP contribution is 2.13. The van der Waals surface area contributed by atoms with Crippen molar-refractivity contribution in [1.82, 2.24) is 30.0 Å². The number of nitrogens with one attached hydrogen (secondary N) is 2. The molecule has 0 fully saturated rings. The summed E-state index contributed by atoms with van der Waals surface area (Å²) in [5.74, 6) is 2.59. The van der Waals surface area contributed by atoms with Crippen LogP contribution in [0, 0.1) is 6.92 Å². The van der Waals surface area contributed by atoms with Crippen LogP contribution in [0.1, 0.15) is 43.5 Å². The molecule has 1 unspecified atom stereocenters. The molecule has 172 valence electrons. The first kappa shape index (κ1) is 25.3. The van der Waals surface area contributed by atoms with Crippen LogP contribution in [0.5, 0.6) is 0 Å². The predicted octanol–water partition coefficient (Wildman–Crippen LogP) is 1.86. The number of ether oxygens (including phenoxy) is 1. The van der Waals surface area contributed by atoms with Crippen LogP contribution in [0.3, 0.4) is 0 Å². The third kappa shape index (κ3) is 7.30. The van der Waals surface area contributed by atoms with Crippen LogP contribution >= 0.6 is 24.0 Å². The summed E-state index contributed by atoms with van der Waals surface area (Å²) < 4.78 is 8.93. The maximum Gasteiger partial charge on any atom is 0.250 e. The summed E-state index contributed by atoms with van der Waals surface area (Å²) in [5.41, 5.74) is 1.06. The zero-order valence-electron chi connectivity index (χ0n) is 18.6. The van der Waals surface area contributed by atoms with Crippen molar-refractivity contribution in [3.8, 4) is 0 Å². The largest absolute Gasteiger partial charge is 0.377 e. The van der Waals surface area contributed by atoms with E-state index in [0.29, 0.717) is 6.61 Å². The molecular weight excluding hydrogens is 509 g/mol. The van der Waals surface area contributed by atoms with E-state index in [1.54, 1.807) is 19.2 Å². The molecule has 3 rings (SSSR count). The fourth-order valence-electron chi connectivity index (χ4n) is 3.66.